The summed E-state index contributed by atoms with van der Waals surface area (Å²) in [6.45, 7) is 0. The molecule has 0 fully saturated rings. The lowest BCUT2D eigenvalue weighted by Crippen LogP contribution is -2.10. The number of aromatic nitrogens is 2. The highest BCUT2D eigenvalue weighted by molar-refractivity contribution is 6.07. The molecular formula is C52H35N3. The predicted molar refractivity (Wildman–Crippen MR) is 231 cm³/mol. The van der Waals surface area contributed by atoms with Gasteiger partial charge in [-0.15, -0.1) is 0 Å². The third kappa shape index (κ3) is 6.08. The third-order valence-electron chi connectivity index (χ3n) is 10.4. The van der Waals surface area contributed by atoms with Gasteiger partial charge in [0.2, 0.25) is 0 Å². The summed E-state index contributed by atoms with van der Waals surface area (Å²) in [5.41, 5.74) is 13.7. The second-order valence-electron chi connectivity index (χ2n) is 13.8. The molecule has 55 heavy (non-hydrogen) atoms. The summed E-state index contributed by atoms with van der Waals surface area (Å²) in [6.07, 6.45) is 0. The van der Waals surface area contributed by atoms with Gasteiger partial charge in [0, 0.05) is 33.3 Å². The van der Waals surface area contributed by atoms with Crippen molar-refractivity contribution in [1.82, 2.24) is 9.97 Å². The van der Waals surface area contributed by atoms with Crippen LogP contribution in [0.25, 0.3) is 77.3 Å². The smallest absolute Gasteiger partial charge is 0.0973 e. The molecule has 0 atom stereocenters. The van der Waals surface area contributed by atoms with Crippen LogP contribution in [0.5, 0.6) is 0 Å². The Hall–Kier alpha value is -7.36. The monoisotopic (exact) mass is 701 g/mol. The maximum atomic E-state index is 5.32. The van der Waals surface area contributed by atoms with Crippen molar-refractivity contribution in [1.29, 1.82) is 0 Å². The molecule has 0 saturated carbocycles. The minimum absolute atomic E-state index is 0.883. The van der Waals surface area contributed by atoms with E-state index in [1.165, 1.54) is 21.9 Å². The maximum absolute atomic E-state index is 5.32. The van der Waals surface area contributed by atoms with Gasteiger partial charge in [0.25, 0.3) is 0 Å². The van der Waals surface area contributed by atoms with E-state index in [-0.39, 0.29) is 0 Å². The van der Waals surface area contributed by atoms with Crippen molar-refractivity contribution in [2.75, 3.05) is 4.90 Å². The lowest BCUT2D eigenvalue weighted by atomic mass is 9.99. The molecular weight excluding hydrogens is 667 g/mol. The van der Waals surface area contributed by atoms with Crippen LogP contribution in [0, 0.1) is 0 Å². The Morgan fingerprint density at radius 1 is 0.309 bits per heavy atom. The quantitative estimate of drug-likeness (QED) is 0.155. The molecule has 0 bridgehead atoms. The molecule has 9 aromatic carbocycles. The van der Waals surface area contributed by atoms with Gasteiger partial charge in [0.05, 0.1) is 28.1 Å². The molecule has 258 valence electrons. The normalized spacial score (nSPS) is 11.3. The molecule has 1 aromatic heterocycles. The van der Waals surface area contributed by atoms with Crippen LogP contribution in [-0.2, 0) is 0 Å². The van der Waals surface area contributed by atoms with Crippen LogP contribution in [0.4, 0.5) is 17.1 Å². The average Bonchev–Trinajstić information content (AvgIpc) is 3.27. The Kier molecular flexibility index (Phi) is 8.16. The molecule has 0 N–H and O–H groups in total. The van der Waals surface area contributed by atoms with Crippen LogP contribution in [0.2, 0.25) is 0 Å². The summed E-state index contributed by atoms with van der Waals surface area (Å²) in [6, 6.07) is 75.1. The molecule has 0 spiro atoms. The summed E-state index contributed by atoms with van der Waals surface area (Å²) >= 11 is 0. The largest absolute Gasteiger partial charge is 0.310 e. The van der Waals surface area contributed by atoms with Crippen LogP contribution in [0.1, 0.15) is 0 Å². The molecule has 10 aromatic rings. The lowest BCUT2D eigenvalue weighted by Gasteiger charge is -2.27. The van der Waals surface area contributed by atoms with Crippen LogP contribution in [-0.4, -0.2) is 9.97 Å². The minimum Gasteiger partial charge on any atom is -0.310 e. The van der Waals surface area contributed by atoms with E-state index in [1.807, 2.05) is 12.1 Å². The maximum Gasteiger partial charge on any atom is 0.0973 e. The van der Waals surface area contributed by atoms with Crippen LogP contribution in [0.3, 0.4) is 0 Å². The summed E-state index contributed by atoms with van der Waals surface area (Å²) in [5.74, 6) is 0. The van der Waals surface area contributed by atoms with E-state index >= 15 is 0 Å². The van der Waals surface area contributed by atoms with E-state index in [2.05, 4.69) is 205 Å². The molecule has 0 aliphatic rings. The van der Waals surface area contributed by atoms with Gasteiger partial charge in [-0.05, 0) is 75.5 Å². The molecule has 0 unspecified atom stereocenters. The first-order valence-electron chi connectivity index (χ1n) is 18.7. The fourth-order valence-corrected chi connectivity index (χ4v) is 7.69. The standard InChI is InChI=1S/C52H35N3/c1-4-13-36(14-5-1)37-23-29-44(30-24-37)55(49-22-12-20-39-15-10-11-21-46(39)49)45-31-25-38(26-32-45)42-27-33-47-43(35-42)28-34-48-52(47)54-51(41-18-8-3-9-19-41)50(53-48)40-16-6-2-7-17-40/h1-35H. The topological polar surface area (TPSA) is 29.0 Å². The second-order valence-corrected chi connectivity index (χ2v) is 13.8. The first-order valence-corrected chi connectivity index (χ1v) is 18.7. The molecule has 0 amide bonds. The van der Waals surface area contributed by atoms with Crippen molar-refractivity contribution >= 4 is 49.6 Å². The van der Waals surface area contributed by atoms with Crippen LogP contribution >= 0.6 is 0 Å². The molecule has 10 rings (SSSR count). The first-order chi connectivity index (χ1) is 27.3. The number of hydrogen-bond donors (Lipinski definition) is 0. The summed E-state index contributed by atoms with van der Waals surface area (Å²) in [7, 11) is 0. The van der Waals surface area contributed by atoms with Gasteiger partial charge in [-0.25, -0.2) is 9.97 Å². The fraction of sp³-hybridized carbons (Fsp3) is 0. The van der Waals surface area contributed by atoms with Crippen LogP contribution < -0.4 is 4.90 Å². The number of fused-ring (bicyclic) bond motifs is 4. The van der Waals surface area contributed by atoms with Crippen molar-refractivity contribution in [3.63, 3.8) is 0 Å². The molecule has 0 aliphatic heterocycles. The summed E-state index contributed by atoms with van der Waals surface area (Å²) < 4.78 is 0. The number of nitrogens with zero attached hydrogens (tertiary/aromatic N) is 3. The number of rotatable bonds is 7. The van der Waals surface area contributed by atoms with E-state index < -0.39 is 0 Å². The first kappa shape index (κ1) is 32.3. The second kappa shape index (κ2) is 13.9. The predicted octanol–water partition coefficient (Wildman–Crippen LogP) is 14.1. The van der Waals surface area contributed by atoms with Crippen molar-refractivity contribution in [3.8, 4) is 44.8 Å². The van der Waals surface area contributed by atoms with E-state index in [0.717, 1.165) is 72.5 Å². The Bertz CT molecular complexity index is 2940. The molecule has 3 nitrogen and oxygen atoms in total. The Morgan fingerprint density at radius 3 is 1.47 bits per heavy atom. The SMILES string of the molecule is c1ccc(-c2ccc(N(c3ccc(-c4ccc5c(ccc6nc(-c7ccccc7)c(-c7ccccc7)nc65)c4)cc3)c3cccc4ccccc34)cc2)cc1. The van der Waals surface area contributed by atoms with Crippen LogP contribution in [0.15, 0.2) is 212 Å². The van der Waals surface area contributed by atoms with Gasteiger partial charge in [0.15, 0.2) is 0 Å². The average molecular weight is 702 g/mol. The van der Waals surface area contributed by atoms with Crippen molar-refractivity contribution in [2.24, 2.45) is 0 Å². The Morgan fingerprint density at radius 2 is 0.818 bits per heavy atom. The highest BCUT2D eigenvalue weighted by Gasteiger charge is 2.17. The highest BCUT2D eigenvalue weighted by atomic mass is 15.1. The number of benzene rings is 9. The molecule has 0 aliphatic carbocycles. The third-order valence-corrected chi connectivity index (χ3v) is 10.4. The number of hydrogen-bond acceptors (Lipinski definition) is 3. The van der Waals surface area contributed by atoms with Gasteiger partial charge in [-0.2, -0.15) is 0 Å². The molecule has 3 heteroatoms. The zero-order valence-electron chi connectivity index (χ0n) is 30.0. The van der Waals surface area contributed by atoms with Crippen molar-refractivity contribution in [2.45, 2.75) is 0 Å². The van der Waals surface area contributed by atoms with E-state index in [1.54, 1.807) is 0 Å². The zero-order chi connectivity index (χ0) is 36.6. The molecule has 0 radical (unpaired) electrons. The van der Waals surface area contributed by atoms with Crippen molar-refractivity contribution < 1.29 is 0 Å². The van der Waals surface area contributed by atoms with Gasteiger partial charge < -0.3 is 4.90 Å². The summed E-state index contributed by atoms with van der Waals surface area (Å²) in [5, 5.41) is 4.63. The lowest BCUT2D eigenvalue weighted by molar-refractivity contribution is 1.30. The summed E-state index contributed by atoms with van der Waals surface area (Å²) in [4.78, 5) is 12.9. The van der Waals surface area contributed by atoms with Gasteiger partial charge >= 0.3 is 0 Å². The van der Waals surface area contributed by atoms with E-state index in [4.69, 9.17) is 9.97 Å². The van der Waals surface area contributed by atoms with Gasteiger partial charge in [-0.1, -0.05) is 170 Å². The van der Waals surface area contributed by atoms with Gasteiger partial charge in [0.1, 0.15) is 0 Å². The van der Waals surface area contributed by atoms with E-state index in [9.17, 15) is 0 Å². The van der Waals surface area contributed by atoms with E-state index in [0.29, 0.717) is 0 Å². The molecule has 1 heterocycles. The number of anilines is 3. The Labute approximate surface area is 320 Å². The molecule has 0 saturated heterocycles. The highest BCUT2D eigenvalue weighted by Crippen LogP contribution is 2.41. The zero-order valence-corrected chi connectivity index (χ0v) is 30.0. The Balaban J connectivity index is 1.04. The van der Waals surface area contributed by atoms with Gasteiger partial charge in [-0.3, -0.25) is 0 Å². The van der Waals surface area contributed by atoms with Crippen molar-refractivity contribution in [3.05, 3.63) is 212 Å². The fourth-order valence-electron chi connectivity index (χ4n) is 7.69. The minimum atomic E-state index is 0.883.